The van der Waals surface area contributed by atoms with Crippen LogP contribution >= 0.6 is 0 Å². The van der Waals surface area contributed by atoms with Gasteiger partial charge in [0.1, 0.15) is 5.92 Å². The van der Waals surface area contributed by atoms with Gasteiger partial charge in [-0.25, -0.2) is 0 Å². The molecule has 5 nitrogen and oxygen atoms in total. The standard InChI is InChI=1S/C11H23N3O2/c1-5-6-8(4)13-11(15)9(7(2)3)10(12)14-16/h7-9,16H,5-6H2,1-4H3,(H2,12,14)(H,13,15). The second kappa shape index (κ2) is 7.09. The molecule has 0 heterocycles. The van der Waals surface area contributed by atoms with Crippen LogP contribution in [-0.4, -0.2) is 23.0 Å². The number of oxime groups is 1. The van der Waals surface area contributed by atoms with Gasteiger partial charge < -0.3 is 16.3 Å². The molecule has 1 amide bonds. The number of rotatable bonds is 6. The van der Waals surface area contributed by atoms with Crippen molar-refractivity contribution in [3.63, 3.8) is 0 Å². The molecule has 0 saturated carbocycles. The maximum Gasteiger partial charge on any atom is 0.231 e. The van der Waals surface area contributed by atoms with E-state index in [1.54, 1.807) is 0 Å². The topological polar surface area (TPSA) is 87.7 Å². The zero-order valence-electron chi connectivity index (χ0n) is 10.5. The van der Waals surface area contributed by atoms with Crippen LogP contribution in [0.15, 0.2) is 5.16 Å². The second-order valence-corrected chi connectivity index (χ2v) is 4.44. The maximum absolute atomic E-state index is 11.9. The molecule has 2 unspecified atom stereocenters. The third-order valence-electron chi connectivity index (χ3n) is 2.49. The predicted octanol–water partition coefficient (Wildman–Crippen LogP) is 1.31. The van der Waals surface area contributed by atoms with E-state index in [2.05, 4.69) is 17.4 Å². The molecule has 0 spiro atoms. The second-order valence-electron chi connectivity index (χ2n) is 4.44. The van der Waals surface area contributed by atoms with Gasteiger partial charge in [-0.1, -0.05) is 32.3 Å². The molecule has 0 bridgehead atoms. The fourth-order valence-corrected chi connectivity index (χ4v) is 1.68. The van der Waals surface area contributed by atoms with Crippen LogP contribution in [0, 0.1) is 11.8 Å². The number of amidine groups is 1. The summed E-state index contributed by atoms with van der Waals surface area (Å²) in [6, 6.07) is 0.116. The molecule has 0 aliphatic carbocycles. The van der Waals surface area contributed by atoms with Gasteiger partial charge in [-0.15, -0.1) is 0 Å². The number of hydrogen-bond acceptors (Lipinski definition) is 3. The molecular formula is C11H23N3O2. The number of nitrogens with zero attached hydrogens (tertiary/aromatic N) is 1. The first kappa shape index (κ1) is 14.7. The third kappa shape index (κ3) is 4.51. The number of nitrogens with two attached hydrogens (primary N) is 1. The van der Waals surface area contributed by atoms with Crippen molar-refractivity contribution in [2.45, 2.75) is 46.6 Å². The van der Waals surface area contributed by atoms with Gasteiger partial charge in [-0.05, 0) is 19.3 Å². The van der Waals surface area contributed by atoms with E-state index < -0.39 is 5.92 Å². The average Bonchev–Trinajstić information content (AvgIpc) is 2.17. The first-order chi connectivity index (χ1) is 7.43. The summed E-state index contributed by atoms with van der Waals surface area (Å²) in [6.45, 7) is 7.75. The SMILES string of the molecule is CCCC(C)NC(=O)C(C(N)=NO)C(C)C. The molecule has 4 N–H and O–H groups in total. The van der Waals surface area contributed by atoms with Crippen LogP contribution in [-0.2, 0) is 4.79 Å². The molecule has 0 rings (SSSR count). The summed E-state index contributed by atoms with van der Waals surface area (Å²) >= 11 is 0. The number of carbonyl (C=O) groups is 1. The van der Waals surface area contributed by atoms with Gasteiger partial charge in [0, 0.05) is 6.04 Å². The first-order valence-electron chi connectivity index (χ1n) is 5.71. The van der Waals surface area contributed by atoms with Crippen LogP contribution in [0.2, 0.25) is 0 Å². The molecule has 94 valence electrons. The molecule has 0 aromatic heterocycles. The van der Waals surface area contributed by atoms with Crippen molar-refractivity contribution in [3.8, 4) is 0 Å². The van der Waals surface area contributed by atoms with E-state index >= 15 is 0 Å². The quantitative estimate of drug-likeness (QED) is 0.278. The molecule has 16 heavy (non-hydrogen) atoms. The van der Waals surface area contributed by atoms with Gasteiger partial charge in [-0.2, -0.15) is 0 Å². The maximum atomic E-state index is 11.9. The van der Waals surface area contributed by atoms with Crippen molar-refractivity contribution in [2.24, 2.45) is 22.7 Å². The number of carbonyl (C=O) groups excluding carboxylic acids is 1. The lowest BCUT2D eigenvalue weighted by Crippen LogP contribution is -2.44. The average molecular weight is 229 g/mol. The molecule has 2 atom stereocenters. The minimum Gasteiger partial charge on any atom is -0.409 e. The lowest BCUT2D eigenvalue weighted by atomic mass is 9.93. The van der Waals surface area contributed by atoms with Gasteiger partial charge in [0.2, 0.25) is 5.91 Å². The van der Waals surface area contributed by atoms with Gasteiger partial charge in [-0.3, -0.25) is 4.79 Å². The molecule has 0 aromatic carbocycles. The summed E-state index contributed by atoms with van der Waals surface area (Å²) in [5.41, 5.74) is 5.51. The van der Waals surface area contributed by atoms with E-state index in [-0.39, 0.29) is 23.7 Å². The number of amides is 1. The molecular weight excluding hydrogens is 206 g/mol. The molecule has 0 fully saturated rings. The van der Waals surface area contributed by atoms with Crippen molar-refractivity contribution < 1.29 is 10.0 Å². The van der Waals surface area contributed by atoms with Crippen molar-refractivity contribution in [3.05, 3.63) is 0 Å². The molecule has 5 heteroatoms. The summed E-state index contributed by atoms with van der Waals surface area (Å²) < 4.78 is 0. The molecule has 0 aliphatic rings. The number of nitrogens with one attached hydrogen (secondary N) is 1. The van der Waals surface area contributed by atoms with E-state index in [1.807, 2.05) is 20.8 Å². The Bertz CT molecular complexity index is 252. The monoisotopic (exact) mass is 229 g/mol. The fourth-order valence-electron chi connectivity index (χ4n) is 1.68. The van der Waals surface area contributed by atoms with E-state index in [9.17, 15) is 4.79 Å². The van der Waals surface area contributed by atoms with Crippen LogP contribution < -0.4 is 11.1 Å². The van der Waals surface area contributed by atoms with Gasteiger partial charge in [0.15, 0.2) is 5.84 Å². The van der Waals surface area contributed by atoms with Crippen molar-refractivity contribution in [2.75, 3.05) is 0 Å². The highest BCUT2D eigenvalue weighted by molar-refractivity contribution is 6.02. The number of hydrogen-bond donors (Lipinski definition) is 3. The highest BCUT2D eigenvalue weighted by Crippen LogP contribution is 2.12. The summed E-state index contributed by atoms with van der Waals surface area (Å²) in [7, 11) is 0. The normalized spacial score (nSPS) is 15.9. The molecule has 0 aromatic rings. The predicted molar refractivity (Wildman–Crippen MR) is 64.2 cm³/mol. The minimum absolute atomic E-state index is 0.00438. The van der Waals surface area contributed by atoms with Gasteiger partial charge >= 0.3 is 0 Å². The zero-order valence-corrected chi connectivity index (χ0v) is 10.5. The van der Waals surface area contributed by atoms with Crippen molar-refractivity contribution >= 4 is 11.7 Å². The van der Waals surface area contributed by atoms with E-state index in [0.29, 0.717) is 0 Å². The van der Waals surface area contributed by atoms with E-state index in [0.717, 1.165) is 12.8 Å². The Morgan fingerprint density at radius 1 is 1.44 bits per heavy atom. The summed E-state index contributed by atoms with van der Waals surface area (Å²) in [4.78, 5) is 11.9. The molecule has 0 radical (unpaired) electrons. The lowest BCUT2D eigenvalue weighted by molar-refractivity contribution is -0.124. The van der Waals surface area contributed by atoms with Gasteiger partial charge in [0.25, 0.3) is 0 Å². The first-order valence-corrected chi connectivity index (χ1v) is 5.71. The Balaban J connectivity index is 4.52. The Kier molecular flexibility index (Phi) is 6.53. The van der Waals surface area contributed by atoms with Crippen LogP contribution in [0.1, 0.15) is 40.5 Å². The molecule has 0 aliphatic heterocycles. The Morgan fingerprint density at radius 3 is 2.38 bits per heavy atom. The summed E-state index contributed by atoms with van der Waals surface area (Å²) in [6.07, 6.45) is 1.93. The molecule has 0 saturated heterocycles. The minimum atomic E-state index is -0.565. The highest BCUT2D eigenvalue weighted by Gasteiger charge is 2.27. The van der Waals surface area contributed by atoms with Gasteiger partial charge in [0.05, 0.1) is 0 Å². The largest absolute Gasteiger partial charge is 0.409 e. The van der Waals surface area contributed by atoms with E-state index in [4.69, 9.17) is 10.9 Å². The van der Waals surface area contributed by atoms with Crippen LogP contribution in [0.25, 0.3) is 0 Å². The van der Waals surface area contributed by atoms with Crippen LogP contribution in [0.3, 0.4) is 0 Å². The van der Waals surface area contributed by atoms with Crippen LogP contribution in [0.4, 0.5) is 0 Å². The van der Waals surface area contributed by atoms with Crippen molar-refractivity contribution in [1.82, 2.24) is 5.32 Å². The zero-order chi connectivity index (χ0) is 12.7. The Labute approximate surface area is 97.1 Å². The smallest absolute Gasteiger partial charge is 0.231 e. The lowest BCUT2D eigenvalue weighted by Gasteiger charge is -2.21. The van der Waals surface area contributed by atoms with E-state index in [1.165, 1.54) is 0 Å². The Morgan fingerprint density at radius 2 is 2.00 bits per heavy atom. The summed E-state index contributed by atoms with van der Waals surface area (Å²) in [5, 5.41) is 14.4. The highest BCUT2D eigenvalue weighted by atomic mass is 16.4. The third-order valence-corrected chi connectivity index (χ3v) is 2.49. The van der Waals surface area contributed by atoms with Crippen molar-refractivity contribution in [1.29, 1.82) is 0 Å². The Hall–Kier alpha value is -1.26. The fraction of sp³-hybridized carbons (Fsp3) is 0.818. The van der Waals surface area contributed by atoms with Crippen LogP contribution in [0.5, 0.6) is 0 Å². The summed E-state index contributed by atoms with van der Waals surface area (Å²) in [5.74, 6) is -0.767.